The summed E-state index contributed by atoms with van der Waals surface area (Å²) in [6, 6.07) is 7.89. The van der Waals surface area contributed by atoms with Crippen LogP contribution in [-0.2, 0) is 27.6 Å². The number of hydrogen-bond acceptors (Lipinski definition) is 5. The van der Waals surface area contributed by atoms with Crippen LogP contribution in [0.3, 0.4) is 0 Å². The fourth-order valence-corrected chi connectivity index (χ4v) is 4.24. The topological polar surface area (TPSA) is 72.9 Å². The van der Waals surface area contributed by atoms with Crippen molar-refractivity contribution in [3.05, 3.63) is 53.6 Å². The monoisotopic (exact) mass is 501 g/mol. The minimum absolute atomic E-state index is 0.00827. The van der Waals surface area contributed by atoms with E-state index in [1.54, 1.807) is 11.0 Å². The molecule has 0 aromatic heterocycles. The quantitative estimate of drug-likeness (QED) is 0.364. The Morgan fingerprint density at radius 3 is 2.38 bits per heavy atom. The van der Waals surface area contributed by atoms with Crippen molar-refractivity contribution in [3.63, 3.8) is 0 Å². The summed E-state index contributed by atoms with van der Waals surface area (Å²) in [6.07, 6.45) is -1.91. The van der Waals surface area contributed by atoms with E-state index in [2.05, 4.69) is 0 Å². The van der Waals surface area contributed by atoms with Gasteiger partial charge in [-0.3, -0.25) is 4.79 Å². The molecule has 0 radical (unpaired) electrons. The third kappa shape index (κ3) is 7.12. The van der Waals surface area contributed by atoms with Crippen molar-refractivity contribution in [1.29, 1.82) is 0 Å². The molecule has 0 saturated carbocycles. The molecule has 2 aromatic rings. The first-order valence-corrected chi connectivity index (χ1v) is 12.4. The Morgan fingerprint density at radius 2 is 1.79 bits per heavy atom. The van der Waals surface area contributed by atoms with Crippen LogP contribution in [0.15, 0.2) is 47.4 Å². The van der Waals surface area contributed by atoms with E-state index < -0.39 is 26.8 Å². The minimum atomic E-state index is -4.70. The van der Waals surface area contributed by atoms with Crippen molar-refractivity contribution in [2.24, 2.45) is 0 Å². The molecule has 0 N–H and O–H groups in total. The summed E-state index contributed by atoms with van der Waals surface area (Å²) in [7, 11) is -3.27. The second kappa shape index (κ2) is 11.6. The van der Waals surface area contributed by atoms with Crippen LogP contribution in [-0.4, -0.2) is 32.4 Å². The van der Waals surface area contributed by atoms with Crippen LogP contribution in [0.1, 0.15) is 57.6 Å². The number of hydrogen-bond donors (Lipinski definition) is 0. The van der Waals surface area contributed by atoms with Gasteiger partial charge in [-0.15, -0.1) is 0 Å². The molecule has 0 aliphatic carbocycles. The van der Waals surface area contributed by atoms with Gasteiger partial charge in [0.05, 0.1) is 12.7 Å². The van der Waals surface area contributed by atoms with E-state index in [9.17, 15) is 26.4 Å². The van der Waals surface area contributed by atoms with Crippen LogP contribution in [0.2, 0.25) is 0 Å². The minimum Gasteiger partial charge on any atom is -0.493 e. The van der Waals surface area contributed by atoms with Gasteiger partial charge >= 0.3 is 16.3 Å². The lowest BCUT2D eigenvalue weighted by Gasteiger charge is -2.29. The smallest absolute Gasteiger partial charge is 0.416 e. The van der Waals surface area contributed by atoms with E-state index in [1.165, 1.54) is 19.2 Å². The molecule has 188 valence electrons. The van der Waals surface area contributed by atoms with Crippen LogP contribution in [0.25, 0.3) is 0 Å². The lowest BCUT2D eigenvalue weighted by molar-refractivity contribution is -0.137. The number of ether oxygens (including phenoxy) is 1. The molecule has 0 aliphatic rings. The van der Waals surface area contributed by atoms with Gasteiger partial charge in [-0.1, -0.05) is 32.4 Å². The third-order valence-corrected chi connectivity index (χ3v) is 6.65. The second-order valence-corrected chi connectivity index (χ2v) is 9.48. The van der Waals surface area contributed by atoms with E-state index >= 15 is 0 Å². The average molecular weight is 502 g/mol. The highest BCUT2D eigenvalue weighted by molar-refractivity contribution is 7.87. The van der Waals surface area contributed by atoms with Crippen molar-refractivity contribution >= 4 is 16.0 Å². The highest BCUT2D eigenvalue weighted by Gasteiger charge is 2.32. The maximum Gasteiger partial charge on any atom is 0.416 e. The first-order chi connectivity index (χ1) is 15.9. The molecule has 34 heavy (non-hydrogen) atoms. The molecule has 10 heteroatoms. The zero-order valence-corrected chi connectivity index (χ0v) is 20.5. The molecule has 0 spiro atoms. The largest absolute Gasteiger partial charge is 0.493 e. The van der Waals surface area contributed by atoms with Crippen molar-refractivity contribution in [2.75, 3.05) is 7.11 Å². The number of nitrogens with zero attached hydrogens (tertiary/aromatic N) is 1. The van der Waals surface area contributed by atoms with Crippen LogP contribution in [0.4, 0.5) is 13.2 Å². The first kappa shape index (κ1) is 27.5. The number of benzene rings is 2. The van der Waals surface area contributed by atoms with Crippen LogP contribution >= 0.6 is 0 Å². The van der Waals surface area contributed by atoms with Gasteiger partial charge in [-0.25, -0.2) is 0 Å². The summed E-state index contributed by atoms with van der Waals surface area (Å²) < 4.78 is 75.0. The lowest BCUT2D eigenvalue weighted by atomic mass is 10.1. The SMILES string of the molecule is CCCCC(=O)N(Cc1ccc(OC)c(OS(=O)(=O)c2cccc(C(F)(F)F)c2)c1)C(C)CC. The van der Waals surface area contributed by atoms with E-state index in [-0.39, 0.29) is 30.0 Å². The zero-order valence-electron chi connectivity index (χ0n) is 19.7. The summed E-state index contributed by atoms with van der Waals surface area (Å²) in [5, 5.41) is 0. The number of carbonyl (C=O) groups is 1. The molecule has 0 bridgehead atoms. The van der Waals surface area contributed by atoms with Crippen molar-refractivity contribution in [3.8, 4) is 11.5 Å². The predicted molar refractivity (Wildman–Crippen MR) is 122 cm³/mol. The molecule has 0 fully saturated rings. The first-order valence-electron chi connectivity index (χ1n) is 11.0. The number of carbonyl (C=O) groups excluding carboxylic acids is 1. The van der Waals surface area contributed by atoms with Gasteiger partial charge in [0.1, 0.15) is 4.90 Å². The highest BCUT2D eigenvalue weighted by atomic mass is 32.2. The molecule has 1 amide bonds. The van der Waals surface area contributed by atoms with Crippen molar-refractivity contribution in [2.45, 2.75) is 70.1 Å². The Balaban J connectivity index is 2.37. The van der Waals surface area contributed by atoms with E-state index in [0.717, 1.165) is 37.5 Å². The fraction of sp³-hybridized carbons (Fsp3) is 0.458. The summed E-state index contributed by atoms with van der Waals surface area (Å²) >= 11 is 0. The Labute approximate surface area is 198 Å². The van der Waals surface area contributed by atoms with E-state index in [0.29, 0.717) is 18.1 Å². The van der Waals surface area contributed by atoms with Crippen LogP contribution in [0.5, 0.6) is 11.5 Å². The normalized spacial score (nSPS) is 12.8. The van der Waals surface area contributed by atoms with E-state index in [1.807, 2.05) is 20.8 Å². The highest BCUT2D eigenvalue weighted by Crippen LogP contribution is 2.34. The average Bonchev–Trinajstić information content (AvgIpc) is 2.80. The summed E-state index contributed by atoms with van der Waals surface area (Å²) in [5.41, 5.74) is -0.507. The van der Waals surface area contributed by atoms with Crippen molar-refractivity contribution in [1.82, 2.24) is 4.90 Å². The Bertz CT molecular complexity index is 1090. The number of unbranched alkanes of at least 4 members (excludes halogenated alkanes) is 1. The Morgan fingerprint density at radius 1 is 1.09 bits per heavy atom. The Kier molecular flexibility index (Phi) is 9.37. The number of alkyl halides is 3. The predicted octanol–water partition coefficient (Wildman–Crippen LogP) is 5.80. The van der Waals surface area contributed by atoms with Crippen molar-refractivity contribution < 1.29 is 35.3 Å². The fourth-order valence-electron chi connectivity index (χ4n) is 3.26. The number of rotatable bonds is 11. The maximum absolute atomic E-state index is 13.0. The number of methoxy groups -OCH3 is 1. The second-order valence-electron chi connectivity index (χ2n) is 7.93. The van der Waals surface area contributed by atoms with Gasteiger partial charge in [0.25, 0.3) is 0 Å². The van der Waals surface area contributed by atoms with Crippen LogP contribution < -0.4 is 8.92 Å². The van der Waals surface area contributed by atoms with Gasteiger partial charge in [-0.2, -0.15) is 21.6 Å². The molecule has 6 nitrogen and oxygen atoms in total. The molecule has 0 aliphatic heterocycles. The Hall–Kier alpha value is -2.75. The number of halogens is 3. The lowest BCUT2D eigenvalue weighted by Crippen LogP contribution is -2.37. The molecule has 2 rings (SSSR count). The zero-order chi connectivity index (χ0) is 25.5. The van der Waals surface area contributed by atoms with Gasteiger partial charge in [0.15, 0.2) is 11.5 Å². The standard InChI is InChI=1S/C24H30F3NO5S/c1-5-7-11-23(29)28(17(3)6-2)16-18-12-13-21(32-4)22(14-18)33-34(30,31)20-10-8-9-19(15-20)24(25,26)27/h8-10,12-15,17H,5-7,11,16H2,1-4H3. The molecular weight excluding hydrogens is 471 g/mol. The number of amides is 1. The van der Waals surface area contributed by atoms with Crippen LogP contribution in [0, 0.1) is 0 Å². The molecule has 0 heterocycles. The van der Waals surface area contributed by atoms with Gasteiger partial charge in [0, 0.05) is 19.0 Å². The van der Waals surface area contributed by atoms with Gasteiger partial charge in [-0.05, 0) is 55.7 Å². The summed E-state index contributed by atoms with van der Waals surface area (Å²) in [4.78, 5) is 13.8. The maximum atomic E-state index is 13.0. The molecule has 1 unspecified atom stereocenters. The van der Waals surface area contributed by atoms with Gasteiger partial charge in [0.2, 0.25) is 5.91 Å². The molecule has 2 aromatic carbocycles. The summed E-state index contributed by atoms with van der Waals surface area (Å²) in [6.45, 7) is 6.12. The molecule has 1 atom stereocenters. The third-order valence-electron chi connectivity index (χ3n) is 5.42. The molecule has 0 saturated heterocycles. The van der Waals surface area contributed by atoms with E-state index in [4.69, 9.17) is 8.92 Å². The van der Waals surface area contributed by atoms with Gasteiger partial charge < -0.3 is 13.8 Å². The summed E-state index contributed by atoms with van der Waals surface area (Å²) in [5.74, 6) is -0.0969. The molecular formula is C24H30F3NO5S.